The van der Waals surface area contributed by atoms with E-state index in [1.807, 2.05) is 42.6 Å². The van der Waals surface area contributed by atoms with Gasteiger partial charge in [-0.1, -0.05) is 44.4 Å². The van der Waals surface area contributed by atoms with Crippen LogP contribution in [0.15, 0.2) is 46.9 Å². The van der Waals surface area contributed by atoms with Gasteiger partial charge in [0.25, 0.3) is 5.91 Å². The summed E-state index contributed by atoms with van der Waals surface area (Å²) in [5.41, 5.74) is 4.94. The average Bonchev–Trinajstić information content (AvgIpc) is 3.19. The fourth-order valence-corrected chi connectivity index (χ4v) is 2.99. The first-order chi connectivity index (χ1) is 12.6. The van der Waals surface area contributed by atoms with Gasteiger partial charge in [0.1, 0.15) is 0 Å². The lowest BCUT2D eigenvalue weighted by atomic mass is 10.1. The van der Waals surface area contributed by atoms with Crippen molar-refractivity contribution < 1.29 is 9.59 Å². The van der Waals surface area contributed by atoms with E-state index >= 15 is 0 Å². The van der Waals surface area contributed by atoms with Gasteiger partial charge in [0.2, 0.25) is 5.91 Å². The Bertz CT molecular complexity index is 737. The first-order valence-electron chi connectivity index (χ1n) is 8.88. The summed E-state index contributed by atoms with van der Waals surface area (Å²) in [6, 6.07) is 11.0. The Morgan fingerprint density at radius 2 is 1.85 bits per heavy atom. The largest absolute Gasteiger partial charge is 0.321 e. The molecule has 0 saturated carbocycles. The van der Waals surface area contributed by atoms with Crippen LogP contribution < -0.4 is 10.7 Å². The molecule has 0 fully saturated rings. The molecule has 1 aromatic carbocycles. The van der Waals surface area contributed by atoms with Gasteiger partial charge in [-0.3, -0.25) is 9.59 Å². The number of rotatable bonds is 9. The molecule has 138 valence electrons. The minimum absolute atomic E-state index is 0.0553. The number of carbonyl (C=O) groups excluding carboxylic acids is 2. The fourth-order valence-electron chi connectivity index (χ4n) is 2.37. The van der Waals surface area contributed by atoms with Crippen LogP contribution in [0, 0.1) is 0 Å². The number of benzene rings is 1. The van der Waals surface area contributed by atoms with E-state index in [0.29, 0.717) is 11.3 Å². The predicted molar refractivity (Wildman–Crippen MR) is 108 cm³/mol. The maximum absolute atomic E-state index is 12.0. The normalized spacial score (nSPS) is 11.2. The molecule has 2 N–H and O–H groups in total. The highest BCUT2D eigenvalue weighted by atomic mass is 32.1. The molecule has 0 saturated heterocycles. The van der Waals surface area contributed by atoms with Crippen LogP contribution in [-0.2, 0) is 4.79 Å². The van der Waals surface area contributed by atoms with Gasteiger partial charge in [-0.2, -0.15) is 5.10 Å². The Morgan fingerprint density at radius 1 is 1.08 bits per heavy atom. The number of anilines is 1. The molecule has 0 atom stereocenters. The molecular formula is C20H25N3O2S. The summed E-state index contributed by atoms with van der Waals surface area (Å²) in [4.78, 5) is 24.5. The average molecular weight is 372 g/mol. The standard InChI is InChI=1S/C20H25N3O2S/c1-3-4-5-6-9-19(24)23-22-15(2)16-10-12-17(13-11-16)21-20(25)18-8-7-14-26-18/h7-8,10-14H,3-6,9H2,1-2H3,(H,21,25)(H,23,24)/b22-15+. The van der Waals surface area contributed by atoms with Crippen molar-refractivity contribution in [2.75, 3.05) is 5.32 Å². The van der Waals surface area contributed by atoms with Gasteiger partial charge in [-0.15, -0.1) is 11.3 Å². The lowest BCUT2D eigenvalue weighted by Gasteiger charge is -2.06. The minimum Gasteiger partial charge on any atom is -0.321 e. The second-order valence-electron chi connectivity index (χ2n) is 6.05. The predicted octanol–water partition coefficient (Wildman–Crippen LogP) is 4.81. The van der Waals surface area contributed by atoms with Crippen LogP contribution in [-0.4, -0.2) is 17.5 Å². The molecule has 2 aromatic rings. The minimum atomic E-state index is -0.117. The third-order valence-corrected chi connectivity index (χ3v) is 4.78. The van der Waals surface area contributed by atoms with Gasteiger partial charge in [0.15, 0.2) is 0 Å². The fraction of sp³-hybridized carbons (Fsp3) is 0.350. The maximum Gasteiger partial charge on any atom is 0.265 e. The molecule has 0 unspecified atom stereocenters. The first-order valence-corrected chi connectivity index (χ1v) is 9.76. The quantitative estimate of drug-likeness (QED) is 0.377. The van der Waals surface area contributed by atoms with E-state index in [-0.39, 0.29) is 11.8 Å². The Balaban J connectivity index is 1.84. The van der Waals surface area contributed by atoms with Crippen LogP contribution >= 0.6 is 11.3 Å². The maximum atomic E-state index is 12.0. The van der Waals surface area contributed by atoms with E-state index in [9.17, 15) is 9.59 Å². The molecule has 0 aliphatic rings. The zero-order valence-corrected chi connectivity index (χ0v) is 16.1. The number of hydrogen-bond acceptors (Lipinski definition) is 4. The highest BCUT2D eigenvalue weighted by molar-refractivity contribution is 7.12. The molecule has 6 heteroatoms. The monoisotopic (exact) mass is 371 g/mol. The summed E-state index contributed by atoms with van der Waals surface area (Å²) < 4.78 is 0. The number of hydrazone groups is 1. The molecule has 1 aromatic heterocycles. The van der Waals surface area contributed by atoms with Gasteiger partial charge in [0, 0.05) is 12.1 Å². The molecule has 0 spiro atoms. The van der Waals surface area contributed by atoms with Gasteiger partial charge < -0.3 is 5.32 Å². The Labute approximate surface area is 158 Å². The van der Waals surface area contributed by atoms with Crippen molar-refractivity contribution in [3.05, 3.63) is 52.2 Å². The van der Waals surface area contributed by atoms with Crippen molar-refractivity contribution in [2.24, 2.45) is 5.10 Å². The molecule has 0 aliphatic heterocycles. The van der Waals surface area contributed by atoms with Crippen molar-refractivity contribution in [1.82, 2.24) is 5.43 Å². The van der Waals surface area contributed by atoms with Crippen molar-refractivity contribution in [2.45, 2.75) is 46.0 Å². The molecule has 0 aliphatic carbocycles. The van der Waals surface area contributed by atoms with E-state index < -0.39 is 0 Å². The lowest BCUT2D eigenvalue weighted by Crippen LogP contribution is -2.18. The Kier molecular flexibility index (Phi) is 8.02. The number of thiophene rings is 1. The number of nitrogens with one attached hydrogen (secondary N) is 2. The molecule has 2 amide bonds. The van der Waals surface area contributed by atoms with Crippen LogP contribution in [0.25, 0.3) is 0 Å². The third kappa shape index (κ3) is 6.44. The molecule has 2 rings (SSSR count). The smallest absolute Gasteiger partial charge is 0.265 e. The van der Waals surface area contributed by atoms with Crippen LogP contribution in [0.2, 0.25) is 0 Å². The SMILES string of the molecule is CCCCCCC(=O)N/N=C(\C)c1ccc(NC(=O)c2cccs2)cc1. The summed E-state index contributed by atoms with van der Waals surface area (Å²) >= 11 is 1.40. The van der Waals surface area contributed by atoms with Crippen LogP contribution in [0.5, 0.6) is 0 Å². The second-order valence-corrected chi connectivity index (χ2v) is 7.00. The Hall–Kier alpha value is -2.47. The molecule has 5 nitrogen and oxygen atoms in total. The molecule has 0 radical (unpaired) electrons. The third-order valence-electron chi connectivity index (χ3n) is 3.91. The lowest BCUT2D eigenvalue weighted by molar-refractivity contribution is -0.121. The molecular weight excluding hydrogens is 346 g/mol. The van der Waals surface area contributed by atoms with Crippen LogP contribution in [0.4, 0.5) is 5.69 Å². The van der Waals surface area contributed by atoms with Crippen molar-refractivity contribution in [3.8, 4) is 0 Å². The summed E-state index contributed by atoms with van der Waals surface area (Å²) in [6.07, 6.45) is 4.79. The number of carbonyl (C=O) groups is 2. The number of nitrogens with zero attached hydrogens (tertiary/aromatic N) is 1. The number of unbranched alkanes of at least 4 members (excludes halogenated alkanes) is 3. The number of hydrogen-bond donors (Lipinski definition) is 2. The zero-order valence-electron chi connectivity index (χ0n) is 15.2. The second kappa shape index (κ2) is 10.5. The van der Waals surface area contributed by atoms with Gasteiger partial charge in [-0.05, 0) is 42.5 Å². The number of amides is 2. The summed E-state index contributed by atoms with van der Waals surface area (Å²) in [6.45, 7) is 3.99. The summed E-state index contributed by atoms with van der Waals surface area (Å²) in [5.74, 6) is -0.172. The zero-order chi connectivity index (χ0) is 18.8. The van der Waals surface area contributed by atoms with Gasteiger partial charge in [0.05, 0.1) is 10.6 Å². The summed E-state index contributed by atoms with van der Waals surface area (Å²) in [5, 5.41) is 8.88. The Morgan fingerprint density at radius 3 is 2.50 bits per heavy atom. The van der Waals surface area contributed by atoms with Gasteiger partial charge in [-0.25, -0.2) is 5.43 Å². The van der Waals surface area contributed by atoms with Crippen LogP contribution in [0.1, 0.15) is 61.2 Å². The van der Waals surface area contributed by atoms with Crippen molar-refractivity contribution in [3.63, 3.8) is 0 Å². The topological polar surface area (TPSA) is 70.6 Å². The summed E-state index contributed by atoms with van der Waals surface area (Å²) in [7, 11) is 0. The van der Waals surface area contributed by atoms with Crippen LogP contribution in [0.3, 0.4) is 0 Å². The highest BCUT2D eigenvalue weighted by Gasteiger charge is 2.07. The van der Waals surface area contributed by atoms with Gasteiger partial charge >= 0.3 is 0 Å². The van der Waals surface area contributed by atoms with E-state index in [1.54, 1.807) is 6.07 Å². The molecule has 26 heavy (non-hydrogen) atoms. The molecule has 1 heterocycles. The van der Waals surface area contributed by atoms with Crippen molar-refractivity contribution >= 4 is 34.6 Å². The van der Waals surface area contributed by atoms with Crippen molar-refractivity contribution in [1.29, 1.82) is 0 Å². The van der Waals surface area contributed by atoms with E-state index in [4.69, 9.17) is 0 Å². The highest BCUT2D eigenvalue weighted by Crippen LogP contribution is 2.14. The van der Waals surface area contributed by atoms with E-state index in [0.717, 1.165) is 42.6 Å². The van der Waals surface area contributed by atoms with E-state index in [2.05, 4.69) is 22.8 Å². The molecule has 0 bridgehead atoms. The first kappa shape index (κ1) is 19.8. The van der Waals surface area contributed by atoms with E-state index in [1.165, 1.54) is 11.3 Å².